The molecule has 4 nitrogen and oxygen atoms in total. The monoisotopic (exact) mass is 359 g/mol. The Hall–Kier alpha value is -2.39. The van der Waals surface area contributed by atoms with E-state index in [9.17, 15) is 12.8 Å². The number of nitrogens with zero attached hydrogens (tertiary/aromatic N) is 1. The van der Waals surface area contributed by atoms with Gasteiger partial charge in [0, 0.05) is 6.07 Å². The van der Waals surface area contributed by atoms with Crippen LogP contribution in [0.15, 0.2) is 47.4 Å². The molecule has 1 aliphatic rings. The topological polar surface area (TPSA) is 47.7 Å². The maximum Gasteiger partial charge on any atom is 0.353 e. The van der Waals surface area contributed by atoms with Crippen molar-refractivity contribution in [2.24, 2.45) is 5.92 Å². The van der Waals surface area contributed by atoms with Crippen molar-refractivity contribution in [2.75, 3.05) is 6.61 Å². The van der Waals surface area contributed by atoms with Crippen LogP contribution in [0.2, 0.25) is 0 Å². The van der Waals surface area contributed by atoms with Gasteiger partial charge in [-0.3, -0.25) is 4.85 Å². The van der Waals surface area contributed by atoms with Gasteiger partial charge in [0.15, 0.2) is 0 Å². The number of hydrogen-bond acceptors (Lipinski definition) is 3. The van der Waals surface area contributed by atoms with E-state index in [2.05, 4.69) is 4.85 Å². The van der Waals surface area contributed by atoms with E-state index in [0.29, 0.717) is 18.3 Å². The fourth-order valence-electron chi connectivity index (χ4n) is 2.46. The molecule has 0 aromatic heterocycles. The van der Waals surface area contributed by atoms with E-state index in [0.717, 1.165) is 24.5 Å². The molecule has 1 unspecified atom stereocenters. The smallest absolute Gasteiger partial charge is 0.353 e. The Labute approximate surface area is 147 Å². The van der Waals surface area contributed by atoms with E-state index in [1.165, 1.54) is 24.3 Å². The average molecular weight is 359 g/mol. The fourth-order valence-corrected chi connectivity index (χ4v) is 3.90. The molecule has 2 aromatic rings. The summed E-state index contributed by atoms with van der Waals surface area (Å²) in [5, 5.41) is -1.62. The van der Waals surface area contributed by atoms with Gasteiger partial charge in [-0.05, 0) is 49.9 Å². The number of halogens is 1. The predicted molar refractivity (Wildman–Crippen MR) is 92.3 cm³/mol. The van der Waals surface area contributed by atoms with E-state index in [-0.39, 0.29) is 10.5 Å². The molecule has 0 saturated heterocycles. The molecule has 0 radical (unpaired) electrons. The second kappa shape index (κ2) is 6.85. The largest absolute Gasteiger partial charge is 0.493 e. The standard InChI is InChI=1S/C19H18FNO3S/c1-13-3-8-16(9-4-13)25(22,23)19(21-2)17-10-7-15(11-18(17)20)24-12-14-5-6-14/h3-4,7-11,14,19H,5-6,12H2,1H3. The van der Waals surface area contributed by atoms with Crippen LogP contribution < -0.4 is 4.74 Å². The van der Waals surface area contributed by atoms with Crippen molar-refractivity contribution in [1.29, 1.82) is 0 Å². The summed E-state index contributed by atoms with van der Waals surface area (Å²) >= 11 is 0. The number of benzene rings is 2. The van der Waals surface area contributed by atoms with Crippen molar-refractivity contribution in [3.8, 4) is 5.75 Å². The van der Waals surface area contributed by atoms with Gasteiger partial charge in [0.25, 0.3) is 9.84 Å². The molecule has 6 heteroatoms. The van der Waals surface area contributed by atoms with E-state index in [1.807, 2.05) is 6.92 Å². The van der Waals surface area contributed by atoms with Crippen molar-refractivity contribution in [3.63, 3.8) is 0 Å². The highest BCUT2D eigenvalue weighted by Crippen LogP contribution is 2.34. The predicted octanol–water partition coefficient (Wildman–Crippen LogP) is 4.31. The van der Waals surface area contributed by atoms with E-state index >= 15 is 0 Å². The molecular weight excluding hydrogens is 341 g/mol. The van der Waals surface area contributed by atoms with Gasteiger partial charge in [0.05, 0.1) is 17.1 Å². The van der Waals surface area contributed by atoms with Crippen molar-refractivity contribution < 1.29 is 17.5 Å². The highest BCUT2D eigenvalue weighted by atomic mass is 32.2. The van der Waals surface area contributed by atoms with Crippen LogP contribution in [0.1, 0.15) is 29.3 Å². The highest BCUT2D eigenvalue weighted by molar-refractivity contribution is 7.91. The van der Waals surface area contributed by atoms with Crippen LogP contribution in [-0.4, -0.2) is 15.0 Å². The molecule has 3 rings (SSSR count). The van der Waals surface area contributed by atoms with Crippen LogP contribution in [0.4, 0.5) is 4.39 Å². The van der Waals surface area contributed by atoms with Crippen molar-refractivity contribution >= 4 is 9.84 Å². The molecule has 1 atom stereocenters. The van der Waals surface area contributed by atoms with Gasteiger partial charge in [0.1, 0.15) is 11.6 Å². The summed E-state index contributed by atoms with van der Waals surface area (Å²) < 4.78 is 45.4. The summed E-state index contributed by atoms with van der Waals surface area (Å²) in [7, 11) is -4.01. The first kappa shape index (κ1) is 17.4. The average Bonchev–Trinajstić information content (AvgIpc) is 3.40. The lowest BCUT2D eigenvalue weighted by atomic mass is 10.2. The summed E-state index contributed by atoms with van der Waals surface area (Å²) in [6, 6.07) is 10.2. The second-order valence-electron chi connectivity index (χ2n) is 6.28. The third kappa shape index (κ3) is 3.83. The van der Waals surface area contributed by atoms with Crippen molar-refractivity contribution in [1.82, 2.24) is 0 Å². The molecule has 0 amide bonds. The number of aryl methyl sites for hydroxylation is 1. The van der Waals surface area contributed by atoms with Crippen LogP contribution in [0.3, 0.4) is 0 Å². The van der Waals surface area contributed by atoms with Gasteiger partial charge in [0.2, 0.25) is 0 Å². The van der Waals surface area contributed by atoms with E-state index in [4.69, 9.17) is 11.3 Å². The van der Waals surface area contributed by atoms with Gasteiger partial charge in [-0.25, -0.2) is 19.4 Å². The Bertz CT molecular complexity index is 913. The van der Waals surface area contributed by atoms with Crippen LogP contribution in [0.5, 0.6) is 5.75 Å². The Morgan fingerprint density at radius 1 is 1.24 bits per heavy atom. The Balaban J connectivity index is 1.89. The minimum Gasteiger partial charge on any atom is -0.493 e. The first-order valence-electron chi connectivity index (χ1n) is 8.01. The maximum absolute atomic E-state index is 14.4. The van der Waals surface area contributed by atoms with Crippen LogP contribution in [-0.2, 0) is 9.84 Å². The zero-order valence-electron chi connectivity index (χ0n) is 13.8. The molecule has 1 aliphatic carbocycles. The van der Waals surface area contributed by atoms with Crippen molar-refractivity contribution in [2.45, 2.75) is 30.0 Å². The molecule has 0 N–H and O–H groups in total. The summed E-state index contributed by atoms with van der Waals surface area (Å²) in [5.74, 6) is 0.134. The minimum absolute atomic E-state index is 0.00700. The van der Waals surface area contributed by atoms with Crippen molar-refractivity contribution in [3.05, 3.63) is 70.8 Å². The second-order valence-corrected chi connectivity index (χ2v) is 8.29. The van der Waals surface area contributed by atoms with Crippen LogP contribution >= 0.6 is 0 Å². The summed E-state index contributed by atoms with van der Waals surface area (Å²) in [5.41, 5.74) is 0.746. The minimum atomic E-state index is -4.01. The highest BCUT2D eigenvalue weighted by Gasteiger charge is 2.36. The van der Waals surface area contributed by atoms with Gasteiger partial charge in [-0.2, -0.15) is 0 Å². The molecule has 1 saturated carbocycles. The number of sulfone groups is 1. The summed E-state index contributed by atoms with van der Waals surface area (Å²) in [4.78, 5) is 3.19. The fraction of sp³-hybridized carbons (Fsp3) is 0.316. The van der Waals surface area contributed by atoms with E-state index < -0.39 is 21.0 Å². The third-order valence-corrected chi connectivity index (χ3v) is 6.06. The van der Waals surface area contributed by atoms with Gasteiger partial charge < -0.3 is 4.74 Å². The summed E-state index contributed by atoms with van der Waals surface area (Å²) in [6.07, 6.45) is 2.24. The van der Waals surface area contributed by atoms with Crippen LogP contribution in [0.25, 0.3) is 4.85 Å². The molecule has 2 aromatic carbocycles. The summed E-state index contributed by atoms with van der Waals surface area (Å²) in [6.45, 7) is 9.66. The molecule has 0 bridgehead atoms. The lowest BCUT2D eigenvalue weighted by Gasteiger charge is -2.11. The van der Waals surface area contributed by atoms with Gasteiger partial charge in [-0.15, -0.1) is 0 Å². The normalized spacial score (nSPS) is 15.4. The Kier molecular flexibility index (Phi) is 4.78. The lowest BCUT2D eigenvalue weighted by molar-refractivity contribution is 0.298. The van der Waals surface area contributed by atoms with Gasteiger partial charge >= 0.3 is 5.37 Å². The van der Waals surface area contributed by atoms with Crippen LogP contribution in [0, 0.1) is 25.2 Å². The number of rotatable bonds is 6. The molecule has 0 heterocycles. The zero-order valence-corrected chi connectivity index (χ0v) is 14.6. The molecular formula is C19H18FNO3S. The SMILES string of the molecule is [C-]#[N+]C(c1ccc(OCC2CC2)cc1F)S(=O)(=O)c1ccc(C)cc1. The molecule has 0 spiro atoms. The molecule has 25 heavy (non-hydrogen) atoms. The lowest BCUT2D eigenvalue weighted by Crippen LogP contribution is -2.12. The zero-order chi connectivity index (χ0) is 18.0. The molecule has 1 fully saturated rings. The quantitative estimate of drug-likeness (QED) is 0.722. The first-order valence-corrected chi connectivity index (χ1v) is 9.56. The molecule has 130 valence electrons. The Morgan fingerprint density at radius 3 is 2.48 bits per heavy atom. The van der Waals surface area contributed by atoms with E-state index in [1.54, 1.807) is 12.1 Å². The third-order valence-electron chi connectivity index (χ3n) is 4.18. The Morgan fingerprint density at radius 2 is 1.92 bits per heavy atom. The maximum atomic E-state index is 14.4. The first-order chi connectivity index (χ1) is 11.9. The number of hydrogen-bond donors (Lipinski definition) is 0. The van der Waals surface area contributed by atoms with Gasteiger partial charge in [-0.1, -0.05) is 17.7 Å². The number of ether oxygens (including phenoxy) is 1. The molecule has 0 aliphatic heterocycles.